The van der Waals surface area contributed by atoms with Gasteiger partial charge in [-0.1, -0.05) is 12.1 Å². The summed E-state index contributed by atoms with van der Waals surface area (Å²) in [7, 11) is 1.25. The van der Waals surface area contributed by atoms with Crippen LogP contribution in [0.1, 0.15) is 17.3 Å². The highest BCUT2D eigenvalue weighted by molar-refractivity contribution is 6.05. The summed E-state index contributed by atoms with van der Waals surface area (Å²) in [4.78, 5) is 24.3. The molecule has 0 fully saturated rings. The minimum absolute atomic E-state index is 0.0324. The number of carbonyl (C=O) groups excluding carboxylic acids is 2. The van der Waals surface area contributed by atoms with Gasteiger partial charge in [0.15, 0.2) is 0 Å². The molecule has 24 heavy (non-hydrogen) atoms. The van der Waals surface area contributed by atoms with Gasteiger partial charge in [0.05, 0.1) is 24.3 Å². The van der Waals surface area contributed by atoms with Gasteiger partial charge in [-0.15, -0.1) is 0 Å². The first-order chi connectivity index (χ1) is 11.2. The SMILES string of the molecule is COc1ccccc1C(=O)N[C@@]1(C(F)(F)F)C(=O)NC(C)=C1C#N. The van der Waals surface area contributed by atoms with E-state index in [1.54, 1.807) is 5.32 Å². The summed E-state index contributed by atoms with van der Waals surface area (Å²) < 4.78 is 45.9. The molecule has 0 unspecified atom stereocenters. The Kier molecular flexibility index (Phi) is 4.25. The largest absolute Gasteiger partial charge is 0.496 e. The first-order valence-corrected chi connectivity index (χ1v) is 6.64. The number of ether oxygens (including phenoxy) is 1. The lowest BCUT2D eigenvalue weighted by atomic mass is 9.89. The van der Waals surface area contributed by atoms with Crippen molar-refractivity contribution in [3.05, 3.63) is 41.1 Å². The number of hydrogen-bond acceptors (Lipinski definition) is 4. The van der Waals surface area contributed by atoms with E-state index in [9.17, 15) is 22.8 Å². The van der Waals surface area contributed by atoms with Crippen LogP contribution in [0.3, 0.4) is 0 Å². The second-order valence-electron chi connectivity index (χ2n) is 4.97. The highest BCUT2D eigenvalue weighted by atomic mass is 19.4. The van der Waals surface area contributed by atoms with E-state index >= 15 is 0 Å². The molecule has 6 nitrogen and oxygen atoms in total. The third-order valence-electron chi connectivity index (χ3n) is 3.58. The van der Waals surface area contributed by atoms with Gasteiger partial charge in [0.25, 0.3) is 17.4 Å². The molecule has 1 aromatic carbocycles. The number of carbonyl (C=O) groups is 2. The summed E-state index contributed by atoms with van der Waals surface area (Å²) in [6, 6.07) is 6.95. The second-order valence-corrected chi connectivity index (χ2v) is 4.97. The fourth-order valence-electron chi connectivity index (χ4n) is 2.42. The first-order valence-electron chi connectivity index (χ1n) is 6.64. The van der Waals surface area contributed by atoms with Gasteiger partial charge in [-0.3, -0.25) is 9.59 Å². The Morgan fingerprint density at radius 2 is 2.00 bits per heavy atom. The van der Waals surface area contributed by atoms with E-state index in [2.05, 4.69) is 0 Å². The quantitative estimate of drug-likeness (QED) is 0.876. The molecular formula is C15H12F3N3O3. The molecule has 1 aliphatic heterocycles. The Hall–Kier alpha value is -3.02. The summed E-state index contributed by atoms with van der Waals surface area (Å²) >= 11 is 0. The van der Waals surface area contributed by atoms with Gasteiger partial charge in [-0.25, -0.2) is 0 Å². The van der Waals surface area contributed by atoms with Crippen LogP contribution in [0.15, 0.2) is 35.5 Å². The molecule has 0 saturated carbocycles. The highest BCUT2D eigenvalue weighted by Crippen LogP contribution is 2.41. The Labute approximate surface area is 134 Å². The molecule has 9 heteroatoms. The molecular weight excluding hydrogens is 327 g/mol. The summed E-state index contributed by atoms with van der Waals surface area (Å²) in [5.74, 6) is -2.69. The Bertz CT molecular complexity index is 780. The highest BCUT2D eigenvalue weighted by Gasteiger charge is 2.67. The zero-order valence-corrected chi connectivity index (χ0v) is 12.6. The molecule has 1 atom stereocenters. The molecule has 1 aromatic rings. The minimum Gasteiger partial charge on any atom is -0.496 e. The van der Waals surface area contributed by atoms with Gasteiger partial charge >= 0.3 is 6.18 Å². The van der Waals surface area contributed by atoms with Crippen molar-refractivity contribution in [2.75, 3.05) is 7.11 Å². The number of nitrogens with zero attached hydrogens (tertiary/aromatic N) is 1. The molecule has 2 amide bonds. The molecule has 2 N–H and O–H groups in total. The number of benzene rings is 1. The molecule has 126 valence electrons. The van der Waals surface area contributed by atoms with Crippen LogP contribution in [0.5, 0.6) is 5.75 Å². The lowest BCUT2D eigenvalue weighted by Gasteiger charge is -2.30. The Morgan fingerprint density at radius 1 is 1.38 bits per heavy atom. The maximum absolute atomic E-state index is 13.6. The Morgan fingerprint density at radius 3 is 2.54 bits per heavy atom. The smallest absolute Gasteiger partial charge is 0.425 e. The van der Waals surface area contributed by atoms with Crippen molar-refractivity contribution in [3.8, 4) is 11.8 Å². The zero-order valence-electron chi connectivity index (χ0n) is 12.6. The number of amides is 2. The lowest BCUT2D eigenvalue weighted by Crippen LogP contribution is -2.64. The lowest BCUT2D eigenvalue weighted by molar-refractivity contribution is -0.184. The van der Waals surface area contributed by atoms with E-state index in [-0.39, 0.29) is 17.0 Å². The predicted molar refractivity (Wildman–Crippen MR) is 75.7 cm³/mol. The summed E-state index contributed by atoms with van der Waals surface area (Å²) in [5, 5.41) is 12.7. The summed E-state index contributed by atoms with van der Waals surface area (Å²) in [6.07, 6.45) is -5.21. The van der Waals surface area contributed by atoms with Crippen LogP contribution in [-0.2, 0) is 4.79 Å². The van der Waals surface area contributed by atoms with Crippen LogP contribution in [0.2, 0.25) is 0 Å². The van der Waals surface area contributed by atoms with Gasteiger partial charge in [-0.05, 0) is 19.1 Å². The molecule has 0 spiro atoms. The van der Waals surface area contributed by atoms with Gasteiger partial charge in [0, 0.05) is 5.70 Å². The second kappa shape index (κ2) is 5.88. The number of methoxy groups -OCH3 is 1. The molecule has 2 rings (SSSR count). The van der Waals surface area contributed by atoms with E-state index in [4.69, 9.17) is 10.00 Å². The van der Waals surface area contributed by atoms with Crippen molar-refractivity contribution in [3.63, 3.8) is 0 Å². The van der Waals surface area contributed by atoms with Crippen molar-refractivity contribution in [1.82, 2.24) is 10.6 Å². The molecule has 0 saturated heterocycles. The van der Waals surface area contributed by atoms with E-state index < -0.39 is 29.1 Å². The van der Waals surface area contributed by atoms with E-state index in [1.165, 1.54) is 37.4 Å². The monoisotopic (exact) mass is 339 g/mol. The van der Waals surface area contributed by atoms with E-state index in [0.717, 1.165) is 6.92 Å². The Balaban J connectivity index is 2.55. The number of para-hydroxylation sites is 1. The van der Waals surface area contributed by atoms with Gasteiger partial charge < -0.3 is 15.4 Å². The standard InChI is InChI=1S/C15H12F3N3O3/c1-8-10(7-19)14(13(23)20-8,15(16,17)18)21-12(22)9-5-3-4-6-11(9)24-2/h3-6H,1-2H3,(H,20,23)(H,21,22)/t14-/m1/s1. The number of nitriles is 1. The normalized spacial score (nSPS) is 20.4. The molecule has 0 bridgehead atoms. The van der Waals surface area contributed by atoms with Crippen molar-refractivity contribution >= 4 is 11.8 Å². The molecule has 0 aliphatic carbocycles. The number of allylic oxidation sites excluding steroid dienone is 1. The number of rotatable bonds is 3. The van der Waals surface area contributed by atoms with Gasteiger partial charge in [0.2, 0.25) is 0 Å². The van der Waals surface area contributed by atoms with Crippen LogP contribution in [-0.4, -0.2) is 30.6 Å². The van der Waals surface area contributed by atoms with Gasteiger partial charge in [0.1, 0.15) is 5.75 Å². The molecule has 1 heterocycles. The maximum Gasteiger partial charge on any atom is 0.425 e. The predicted octanol–water partition coefficient (Wildman–Crippen LogP) is 1.65. The number of halogens is 3. The first kappa shape index (κ1) is 17.3. The average molecular weight is 339 g/mol. The third kappa shape index (κ3) is 2.46. The van der Waals surface area contributed by atoms with Gasteiger partial charge in [-0.2, -0.15) is 18.4 Å². The average Bonchev–Trinajstić information content (AvgIpc) is 2.77. The third-order valence-corrected chi connectivity index (χ3v) is 3.58. The summed E-state index contributed by atoms with van der Waals surface area (Å²) in [6.45, 7) is 1.15. The van der Waals surface area contributed by atoms with Crippen LogP contribution < -0.4 is 15.4 Å². The van der Waals surface area contributed by atoms with E-state index in [1.807, 2.05) is 5.32 Å². The fourth-order valence-corrected chi connectivity index (χ4v) is 2.42. The topological polar surface area (TPSA) is 91.2 Å². The van der Waals surface area contributed by atoms with Crippen LogP contribution in [0, 0.1) is 11.3 Å². The zero-order chi connectivity index (χ0) is 18.1. The molecule has 0 radical (unpaired) electrons. The van der Waals surface area contributed by atoms with Crippen LogP contribution in [0.4, 0.5) is 13.2 Å². The minimum atomic E-state index is -5.21. The maximum atomic E-state index is 13.6. The van der Waals surface area contributed by atoms with Crippen molar-refractivity contribution < 1.29 is 27.5 Å². The van der Waals surface area contributed by atoms with Crippen molar-refractivity contribution in [2.24, 2.45) is 0 Å². The van der Waals surface area contributed by atoms with Crippen molar-refractivity contribution in [1.29, 1.82) is 5.26 Å². The number of nitrogens with one attached hydrogen (secondary N) is 2. The number of hydrogen-bond donors (Lipinski definition) is 2. The fraction of sp³-hybridized carbons (Fsp3) is 0.267. The van der Waals surface area contributed by atoms with Crippen LogP contribution >= 0.6 is 0 Å². The molecule has 0 aromatic heterocycles. The summed E-state index contributed by atoms with van der Waals surface area (Å²) in [5.41, 5.74) is -4.80. The molecule has 1 aliphatic rings. The van der Waals surface area contributed by atoms with Crippen molar-refractivity contribution in [2.45, 2.75) is 18.6 Å². The van der Waals surface area contributed by atoms with Crippen LogP contribution in [0.25, 0.3) is 0 Å². The van der Waals surface area contributed by atoms with E-state index in [0.29, 0.717) is 0 Å². The number of alkyl halides is 3.